The zero-order valence-corrected chi connectivity index (χ0v) is 27.8. The summed E-state index contributed by atoms with van der Waals surface area (Å²) in [4.78, 5) is 24.7. The molecule has 0 fully saturated rings. The Kier molecular flexibility index (Phi) is 10.2. The fourth-order valence-corrected chi connectivity index (χ4v) is 4.95. The van der Waals surface area contributed by atoms with Crippen molar-refractivity contribution in [1.29, 1.82) is 0 Å². The fourth-order valence-electron chi connectivity index (χ4n) is 4.38. The molecular formula is C32H35F3N8O4S. The third-order valence-corrected chi connectivity index (χ3v) is 7.54. The molecule has 0 atom stereocenters. The molecule has 2 aromatic heterocycles. The number of fused-ring (bicyclic) bond motifs is 1. The first-order valence-corrected chi connectivity index (χ1v) is 16.2. The van der Waals surface area contributed by atoms with Gasteiger partial charge in [0.2, 0.25) is 21.9 Å². The number of carboxylic acids is 1. The van der Waals surface area contributed by atoms with Crippen molar-refractivity contribution in [2.45, 2.75) is 32.4 Å². The van der Waals surface area contributed by atoms with Gasteiger partial charge in [-0.25, -0.2) is 23.2 Å². The maximum Gasteiger partial charge on any atom is 0.490 e. The molecule has 0 saturated carbocycles. The number of aryl methyl sites for hydroxylation is 1. The smallest absolute Gasteiger partial charge is 0.475 e. The number of nitrogens with one attached hydrogen (secondary N) is 3. The van der Waals surface area contributed by atoms with Gasteiger partial charge in [-0.1, -0.05) is 32.9 Å². The zero-order chi connectivity index (χ0) is 35.4. The van der Waals surface area contributed by atoms with Crippen LogP contribution in [0.15, 0.2) is 79.0 Å². The summed E-state index contributed by atoms with van der Waals surface area (Å²) in [6, 6.07) is 23.3. The summed E-state index contributed by atoms with van der Waals surface area (Å²) >= 11 is 0. The predicted octanol–water partition coefficient (Wildman–Crippen LogP) is 6.92. The van der Waals surface area contributed by atoms with E-state index in [4.69, 9.17) is 14.9 Å². The summed E-state index contributed by atoms with van der Waals surface area (Å²) in [7, 11) is 0.603. The molecule has 0 aliphatic carbocycles. The first-order chi connectivity index (χ1) is 22.3. The second-order valence-electron chi connectivity index (χ2n) is 11.8. The number of anilines is 7. The Balaban J connectivity index is 0.000000671. The van der Waals surface area contributed by atoms with Crippen molar-refractivity contribution < 1.29 is 31.5 Å². The largest absolute Gasteiger partial charge is 0.490 e. The van der Waals surface area contributed by atoms with Crippen LogP contribution < -0.4 is 20.3 Å². The molecule has 0 aliphatic rings. The number of hydrogen-bond acceptors (Lipinski definition) is 9. The maximum absolute atomic E-state index is 11.4. The van der Waals surface area contributed by atoms with E-state index in [1.807, 2.05) is 41.8 Å². The van der Waals surface area contributed by atoms with Gasteiger partial charge in [-0.2, -0.15) is 18.2 Å². The van der Waals surface area contributed by atoms with E-state index < -0.39 is 22.2 Å². The summed E-state index contributed by atoms with van der Waals surface area (Å²) in [6.45, 7) is 6.61. The van der Waals surface area contributed by atoms with E-state index in [1.165, 1.54) is 5.56 Å². The summed E-state index contributed by atoms with van der Waals surface area (Å²) in [5.41, 5.74) is 6.37. The van der Waals surface area contributed by atoms with Gasteiger partial charge in [0.25, 0.3) is 0 Å². The van der Waals surface area contributed by atoms with E-state index in [1.54, 1.807) is 30.5 Å². The van der Waals surface area contributed by atoms with Gasteiger partial charge in [-0.05, 0) is 71.6 Å². The van der Waals surface area contributed by atoms with Gasteiger partial charge in [0.15, 0.2) is 0 Å². The van der Waals surface area contributed by atoms with Crippen molar-refractivity contribution in [3.63, 3.8) is 0 Å². The van der Waals surface area contributed by atoms with Gasteiger partial charge in [-0.15, -0.1) is 0 Å². The average Bonchev–Trinajstić information content (AvgIpc) is 3.30. The van der Waals surface area contributed by atoms with Gasteiger partial charge in [0.05, 0.1) is 17.3 Å². The van der Waals surface area contributed by atoms with Crippen molar-refractivity contribution in [1.82, 2.24) is 19.5 Å². The van der Waals surface area contributed by atoms with E-state index in [0.717, 1.165) is 40.3 Å². The quantitative estimate of drug-likeness (QED) is 0.135. The lowest BCUT2D eigenvalue weighted by molar-refractivity contribution is -0.192. The Morgan fingerprint density at radius 3 is 2.00 bits per heavy atom. The summed E-state index contributed by atoms with van der Waals surface area (Å²) in [5.74, 6) is -0.881. The molecule has 0 saturated heterocycles. The minimum absolute atomic E-state index is 0.101. The molecule has 4 N–H and O–H groups in total. The highest BCUT2D eigenvalue weighted by Gasteiger charge is 2.38. The minimum atomic E-state index is -5.08. The van der Waals surface area contributed by atoms with Crippen LogP contribution in [0.25, 0.3) is 11.0 Å². The Morgan fingerprint density at radius 2 is 1.44 bits per heavy atom. The van der Waals surface area contributed by atoms with E-state index in [9.17, 15) is 21.6 Å². The molecule has 5 rings (SSSR count). The van der Waals surface area contributed by atoms with Crippen LogP contribution >= 0.6 is 0 Å². The number of carboxylic acid groups (broad SMARTS) is 1. The van der Waals surface area contributed by atoms with Crippen LogP contribution in [-0.4, -0.2) is 58.5 Å². The van der Waals surface area contributed by atoms with Crippen LogP contribution in [0.4, 0.5) is 53.6 Å². The topological polar surface area (TPSA) is 154 Å². The molecule has 0 unspecified atom stereocenters. The van der Waals surface area contributed by atoms with Gasteiger partial charge in [-0.3, -0.25) is 4.72 Å². The molecule has 0 aliphatic heterocycles. The number of aromatic nitrogens is 4. The monoisotopic (exact) mass is 684 g/mol. The van der Waals surface area contributed by atoms with Gasteiger partial charge in [0.1, 0.15) is 5.82 Å². The average molecular weight is 685 g/mol. The molecule has 0 radical (unpaired) electrons. The minimum Gasteiger partial charge on any atom is -0.475 e. The third-order valence-electron chi connectivity index (χ3n) is 6.93. The number of nitrogens with zero attached hydrogens (tertiary/aromatic N) is 5. The van der Waals surface area contributed by atoms with Crippen molar-refractivity contribution in [2.75, 3.05) is 33.6 Å². The third kappa shape index (κ3) is 9.34. The van der Waals surface area contributed by atoms with Crippen LogP contribution in [0.3, 0.4) is 0 Å². The van der Waals surface area contributed by atoms with Gasteiger partial charge >= 0.3 is 12.1 Å². The van der Waals surface area contributed by atoms with Crippen molar-refractivity contribution in [3.05, 3.63) is 84.6 Å². The van der Waals surface area contributed by atoms with E-state index in [-0.39, 0.29) is 5.41 Å². The number of aliphatic carboxylic acids is 1. The molecule has 2 heterocycles. The number of halogens is 3. The molecule has 0 spiro atoms. The lowest BCUT2D eigenvalue weighted by Crippen LogP contribution is -2.21. The highest BCUT2D eigenvalue weighted by Crippen LogP contribution is 2.30. The summed E-state index contributed by atoms with van der Waals surface area (Å²) < 4.78 is 59.1. The number of imidazole rings is 1. The zero-order valence-electron chi connectivity index (χ0n) is 27.0. The molecule has 3 aromatic carbocycles. The normalized spacial score (nSPS) is 11.8. The Hall–Kier alpha value is -5.38. The molecule has 12 nitrogen and oxygen atoms in total. The van der Waals surface area contributed by atoms with Crippen LogP contribution in [-0.2, 0) is 27.3 Å². The standard InChI is InChI=1S/C30H34N8O2S.C2HF3O2/c1-30(2,3)20-7-9-22(10-8-20)33-29-34-25-19-24(15-16-26(25)38(29)5)37(4)27-17-18-31-28(35-27)32-21-11-13-23(14-12-21)36-41(6,39)40;3-2(4,5)1(6)7/h7-19,36H,1-6H3,(H,33,34)(H,31,32,35);(H,6,7). The van der Waals surface area contributed by atoms with Gasteiger partial charge in [0, 0.05) is 43.0 Å². The first-order valence-electron chi connectivity index (χ1n) is 14.4. The van der Waals surface area contributed by atoms with Gasteiger partial charge < -0.3 is 25.2 Å². The molecule has 16 heteroatoms. The Morgan fingerprint density at radius 1 is 0.875 bits per heavy atom. The van der Waals surface area contributed by atoms with E-state index in [0.29, 0.717) is 17.5 Å². The molecular weight excluding hydrogens is 649 g/mol. The second-order valence-corrected chi connectivity index (χ2v) is 13.5. The number of carbonyl (C=O) groups is 1. The maximum atomic E-state index is 11.4. The first kappa shape index (κ1) is 35.5. The van der Waals surface area contributed by atoms with Crippen molar-refractivity contribution in [3.8, 4) is 0 Å². The number of hydrogen-bond donors (Lipinski definition) is 4. The van der Waals surface area contributed by atoms with Crippen LogP contribution in [0, 0.1) is 0 Å². The number of rotatable bonds is 8. The van der Waals surface area contributed by atoms with Crippen LogP contribution in [0.2, 0.25) is 0 Å². The molecule has 48 heavy (non-hydrogen) atoms. The number of alkyl halides is 3. The molecule has 254 valence electrons. The Labute approximate surface area is 275 Å². The molecule has 5 aromatic rings. The fraction of sp³-hybridized carbons (Fsp3) is 0.250. The number of sulfonamides is 1. The van der Waals surface area contributed by atoms with Crippen LogP contribution in [0.1, 0.15) is 26.3 Å². The predicted molar refractivity (Wildman–Crippen MR) is 181 cm³/mol. The summed E-state index contributed by atoms with van der Waals surface area (Å²) in [6.07, 6.45) is -2.28. The Bertz CT molecular complexity index is 2010. The lowest BCUT2D eigenvalue weighted by atomic mass is 9.87. The SMILES string of the molecule is CN(c1ccc2c(c1)nc(Nc1ccc(C(C)(C)C)cc1)n2C)c1ccnc(Nc2ccc(NS(C)(=O)=O)cc2)n1.O=C(O)C(F)(F)F. The summed E-state index contributed by atoms with van der Waals surface area (Å²) in [5, 5.41) is 13.7. The van der Waals surface area contributed by atoms with E-state index in [2.05, 4.69) is 76.4 Å². The van der Waals surface area contributed by atoms with Crippen LogP contribution in [0.5, 0.6) is 0 Å². The van der Waals surface area contributed by atoms with Crippen molar-refractivity contribution in [2.24, 2.45) is 7.05 Å². The highest BCUT2D eigenvalue weighted by molar-refractivity contribution is 7.92. The lowest BCUT2D eigenvalue weighted by Gasteiger charge is -2.19. The van der Waals surface area contributed by atoms with E-state index >= 15 is 0 Å². The highest BCUT2D eigenvalue weighted by atomic mass is 32.2. The second kappa shape index (κ2) is 13.8. The molecule has 0 bridgehead atoms. The molecule has 0 amide bonds. The van der Waals surface area contributed by atoms with Crippen molar-refractivity contribution >= 4 is 67.5 Å². The number of benzene rings is 3.